The molecule has 2 aromatic carbocycles. The van der Waals surface area contributed by atoms with Crippen LogP contribution in [0.2, 0.25) is 0 Å². The molecular weight excluding hydrogens is 274 g/mol. The van der Waals surface area contributed by atoms with Gasteiger partial charge in [-0.25, -0.2) is 0 Å². The molecule has 0 spiro atoms. The van der Waals surface area contributed by atoms with Crippen molar-refractivity contribution in [1.82, 2.24) is 4.98 Å². The Morgan fingerprint density at radius 2 is 1.86 bits per heavy atom. The minimum absolute atomic E-state index is 0.0200. The molecule has 0 amide bonds. The summed E-state index contributed by atoms with van der Waals surface area (Å²) >= 11 is 0. The number of hydrogen-bond acceptors (Lipinski definition) is 1. The van der Waals surface area contributed by atoms with Gasteiger partial charge < -0.3 is 10.1 Å². The molecule has 0 radical (unpaired) electrons. The van der Waals surface area contributed by atoms with Gasteiger partial charge in [-0.2, -0.15) is 0 Å². The lowest BCUT2D eigenvalue weighted by molar-refractivity contribution is -0.136. The van der Waals surface area contributed by atoms with Crippen LogP contribution in [-0.4, -0.2) is 16.1 Å². The summed E-state index contributed by atoms with van der Waals surface area (Å²) in [6.45, 7) is 6.13. The summed E-state index contributed by atoms with van der Waals surface area (Å²) in [7, 11) is 0. The predicted molar refractivity (Wildman–Crippen MR) is 89.3 cm³/mol. The van der Waals surface area contributed by atoms with Crippen molar-refractivity contribution in [2.45, 2.75) is 27.2 Å². The molecule has 0 aliphatic heterocycles. The highest BCUT2D eigenvalue weighted by molar-refractivity contribution is 5.95. The van der Waals surface area contributed by atoms with Gasteiger partial charge in [0.15, 0.2) is 0 Å². The van der Waals surface area contributed by atoms with E-state index in [0.29, 0.717) is 0 Å². The summed E-state index contributed by atoms with van der Waals surface area (Å²) in [5.74, 6) is -0.811. The summed E-state index contributed by atoms with van der Waals surface area (Å²) in [6, 6.07) is 12.3. The van der Waals surface area contributed by atoms with Gasteiger partial charge in [0.1, 0.15) is 0 Å². The third-order valence-corrected chi connectivity index (χ3v) is 3.99. The largest absolute Gasteiger partial charge is 0.481 e. The normalized spacial score (nSPS) is 11.0. The first-order valence-electron chi connectivity index (χ1n) is 7.36. The molecule has 0 saturated heterocycles. The number of rotatable bonds is 3. The second-order valence-electron chi connectivity index (χ2n) is 5.92. The van der Waals surface area contributed by atoms with Crippen molar-refractivity contribution < 1.29 is 9.90 Å². The molecule has 112 valence electrons. The minimum atomic E-state index is -0.811. The topological polar surface area (TPSA) is 53.1 Å². The van der Waals surface area contributed by atoms with Gasteiger partial charge in [0.05, 0.1) is 12.1 Å². The number of nitrogens with one attached hydrogen (secondary N) is 1. The molecule has 3 rings (SSSR count). The summed E-state index contributed by atoms with van der Waals surface area (Å²) in [4.78, 5) is 14.8. The molecule has 0 atom stereocenters. The molecule has 2 N–H and O–H groups in total. The zero-order chi connectivity index (χ0) is 15.9. The Morgan fingerprint density at radius 1 is 1.09 bits per heavy atom. The number of carbonyl (C=O) groups is 1. The predicted octanol–water partition coefficient (Wildman–Crippen LogP) is 4.39. The van der Waals surface area contributed by atoms with Crippen LogP contribution in [0.3, 0.4) is 0 Å². The van der Waals surface area contributed by atoms with Gasteiger partial charge in [-0.15, -0.1) is 0 Å². The second kappa shape index (κ2) is 5.34. The van der Waals surface area contributed by atoms with E-state index in [0.717, 1.165) is 44.4 Å². The maximum Gasteiger partial charge on any atom is 0.307 e. The Labute approximate surface area is 129 Å². The molecule has 3 nitrogen and oxygen atoms in total. The second-order valence-corrected chi connectivity index (χ2v) is 5.92. The molecule has 3 aromatic rings. The van der Waals surface area contributed by atoms with E-state index in [4.69, 9.17) is 0 Å². The molecule has 0 unspecified atom stereocenters. The van der Waals surface area contributed by atoms with Gasteiger partial charge in [-0.3, -0.25) is 4.79 Å². The lowest BCUT2D eigenvalue weighted by Gasteiger charge is -2.04. The maximum atomic E-state index is 11.3. The molecule has 3 heteroatoms. The average molecular weight is 293 g/mol. The highest BCUT2D eigenvalue weighted by atomic mass is 16.4. The van der Waals surface area contributed by atoms with Crippen LogP contribution < -0.4 is 0 Å². The van der Waals surface area contributed by atoms with E-state index in [9.17, 15) is 9.90 Å². The zero-order valence-electron chi connectivity index (χ0n) is 13.0. The number of aromatic amines is 1. The van der Waals surface area contributed by atoms with Gasteiger partial charge in [0, 0.05) is 10.9 Å². The van der Waals surface area contributed by atoms with Crippen LogP contribution in [0.4, 0.5) is 0 Å². The van der Waals surface area contributed by atoms with Crippen molar-refractivity contribution in [3.8, 4) is 11.3 Å². The highest BCUT2D eigenvalue weighted by Gasteiger charge is 2.17. The number of aryl methyl sites for hydroxylation is 3. The Kier molecular flexibility index (Phi) is 3.49. The van der Waals surface area contributed by atoms with Crippen LogP contribution in [0, 0.1) is 20.8 Å². The van der Waals surface area contributed by atoms with E-state index < -0.39 is 5.97 Å². The Balaban J connectivity index is 2.33. The first kappa shape index (κ1) is 14.4. The third kappa shape index (κ3) is 2.50. The van der Waals surface area contributed by atoms with Crippen LogP contribution in [0.1, 0.15) is 22.3 Å². The fourth-order valence-corrected chi connectivity index (χ4v) is 3.09. The molecule has 1 heterocycles. The van der Waals surface area contributed by atoms with Crippen molar-refractivity contribution >= 4 is 16.9 Å². The number of aliphatic carboxylic acids is 1. The van der Waals surface area contributed by atoms with E-state index in [1.54, 1.807) is 0 Å². The average Bonchev–Trinajstić information content (AvgIpc) is 2.77. The number of hydrogen-bond donors (Lipinski definition) is 2. The molecule has 0 fully saturated rings. The first-order valence-corrected chi connectivity index (χ1v) is 7.36. The number of fused-ring (bicyclic) bond motifs is 1. The van der Waals surface area contributed by atoms with Crippen molar-refractivity contribution in [1.29, 1.82) is 0 Å². The molecule has 0 saturated carbocycles. The van der Waals surface area contributed by atoms with Gasteiger partial charge >= 0.3 is 5.97 Å². The standard InChI is InChI=1S/C19H19NO2/c1-11-5-4-6-14(8-11)19-16(10-17(21)22)15-9-12(2)7-13(3)18(15)20-19/h4-9,20H,10H2,1-3H3,(H,21,22). The smallest absolute Gasteiger partial charge is 0.307 e. The molecule has 0 aliphatic rings. The van der Waals surface area contributed by atoms with E-state index in [1.165, 1.54) is 0 Å². The number of aromatic nitrogens is 1. The van der Waals surface area contributed by atoms with Crippen molar-refractivity contribution in [3.05, 3.63) is 58.7 Å². The lowest BCUT2D eigenvalue weighted by Crippen LogP contribution is -2.01. The molecule has 0 bridgehead atoms. The summed E-state index contributed by atoms with van der Waals surface area (Å²) in [5.41, 5.74) is 7.27. The minimum Gasteiger partial charge on any atom is -0.481 e. The van der Waals surface area contributed by atoms with Gasteiger partial charge in [0.25, 0.3) is 0 Å². The summed E-state index contributed by atoms with van der Waals surface area (Å²) < 4.78 is 0. The number of carboxylic acids is 1. The zero-order valence-corrected chi connectivity index (χ0v) is 13.0. The fraction of sp³-hybridized carbons (Fsp3) is 0.211. The quantitative estimate of drug-likeness (QED) is 0.752. The van der Waals surface area contributed by atoms with Crippen LogP contribution in [0.25, 0.3) is 22.2 Å². The summed E-state index contributed by atoms with van der Waals surface area (Å²) in [6.07, 6.45) is 0.0200. The molecule has 22 heavy (non-hydrogen) atoms. The first-order chi connectivity index (χ1) is 10.5. The number of benzene rings is 2. The fourth-order valence-electron chi connectivity index (χ4n) is 3.09. The number of carboxylic acid groups (broad SMARTS) is 1. The van der Waals surface area contributed by atoms with Gasteiger partial charge in [-0.05, 0) is 49.6 Å². The Hall–Kier alpha value is -2.55. The van der Waals surface area contributed by atoms with E-state index in [2.05, 4.69) is 30.1 Å². The van der Waals surface area contributed by atoms with Crippen molar-refractivity contribution in [2.24, 2.45) is 0 Å². The lowest BCUT2D eigenvalue weighted by atomic mass is 9.99. The van der Waals surface area contributed by atoms with Crippen LogP contribution in [-0.2, 0) is 11.2 Å². The third-order valence-electron chi connectivity index (χ3n) is 3.99. The van der Waals surface area contributed by atoms with E-state index in [-0.39, 0.29) is 6.42 Å². The Morgan fingerprint density at radius 3 is 2.55 bits per heavy atom. The van der Waals surface area contributed by atoms with Crippen LogP contribution in [0.5, 0.6) is 0 Å². The number of H-pyrrole nitrogens is 1. The van der Waals surface area contributed by atoms with E-state index in [1.807, 2.05) is 32.0 Å². The molecule has 1 aromatic heterocycles. The SMILES string of the molecule is Cc1cccc(-c2[nH]c3c(C)cc(C)cc3c2CC(=O)O)c1. The monoisotopic (exact) mass is 293 g/mol. The van der Waals surface area contributed by atoms with Gasteiger partial charge in [0.2, 0.25) is 0 Å². The summed E-state index contributed by atoms with van der Waals surface area (Å²) in [5, 5.41) is 10.3. The van der Waals surface area contributed by atoms with E-state index >= 15 is 0 Å². The maximum absolute atomic E-state index is 11.3. The van der Waals surface area contributed by atoms with Crippen molar-refractivity contribution in [2.75, 3.05) is 0 Å². The van der Waals surface area contributed by atoms with Gasteiger partial charge in [-0.1, -0.05) is 35.4 Å². The van der Waals surface area contributed by atoms with Crippen LogP contribution >= 0.6 is 0 Å². The Bertz CT molecular complexity index is 875. The molecular formula is C19H19NO2. The van der Waals surface area contributed by atoms with Crippen LogP contribution in [0.15, 0.2) is 36.4 Å². The van der Waals surface area contributed by atoms with Crippen molar-refractivity contribution in [3.63, 3.8) is 0 Å². The highest BCUT2D eigenvalue weighted by Crippen LogP contribution is 2.33. The molecule has 0 aliphatic carbocycles.